The zero-order valence-corrected chi connectivity index (χ0v) is 18.7. The average Bonchev–Trinajstić information content (AvgIpc) is 2.68. The van der Waals surface area contributed by atoms with Crippen molar-refractivity contribution < 1.29 is 35.9 Å². The molecule has 29 heavy (non-hydrogen) atoms. The van der Waals surface area contributed by atoms with E-state index in [0.717, 1.165) is 37.6 Å². The fourth-order valence-electron chi connectivity index (χ4n) is 2.59. The Bertz CT molecular complexity index is 818. The van der Waals surface area contributed by atoms with Crippen LogP contribution in [0.3, 0.4) is 0 Å². The van der Waals surface area contributed by atoms with Crippen LogP contribution in [0, 0.1) is 0 Å². The highest BCUT2D eigenvalue weighted by molar-refractivity contribution is 8.13. The van der Waals surface area contributed by atoms with E-state index in [0.29, 0.717) is 16.9 Å². The van der Waals surface area contributed by atoms with Crippen LogP contribution < -0.4 is 32.6 Å². The molecule has 1 aromatic carbocycles. The second-order valence-corrected chi connectivity index (χ2v) is 7.59. The van der Waals surface area contributed by atoms with Gasteiger partial charge in [0.2, 0.25) is 5.91 Å². The number of nitrogens with one attached hydrogen (secondary N) is 1. The SMILES string of the molecule is CC(NC(=O)c1ccccc1SC(=O)CCCCC[n+]1ccccc1)C(N)=O.[Br-]. The second-order valence-electron chi connectivity index (χ2n) is 6.49. The molecule has 1 heterocycles. The zero-order chi connectivity index (χ0) is 20.4. The number of carbonyl (C=O) groups excluding carboxylic acids is 3. The Balaban J connectivity index is 0.00000420. The van der Waals surface area contributed by atoms with Crippen molar-refractivity contribution in [2.45, 2.75) is 50.1 Å². The van der Waals surface area contributed by atoms with Gasteiger partial charge in [0.1, 0.15) is 12.6 Å². The fourth-order valence-corrected chi connectivity index (χ4v) is 3.50. The molecule has 0 aliphatic rings. The molecule has 0 aliphatic carbocycles. The molecule has 156 valence electrons. The van der Waals surface area contributed by atoms with Crippen molar-refractivity contribution in [2.24, 2.45) is 5.73 Å². The molecule has 0 aliphatic heterocycles. The van der Waals surface area contributed by atoms with Crippen molar-refractivity contribution in [3.8, 4) is 0 Å². The second kappa shape index (κ2) is 13.1. The maximum absolute atomic E-state index is 12.3. The van der Waals surface area contributed by atoms with Gasteiger partial charge in [-0.3, -0.25) is 14.4 Å². The van der Waals surface area contributed by atoms with Crippen molar-refractivity contribution in [2.75, 3.05) is 0 Å². The average molecular weight is 480 g/mol. The molecule has 0 spiro atoms. The number of halogens is 1. The third-order valence-corrected chi connectivity index (χ3v) is 5.21. The summed E-state index contributed by atoms with van der Waals surface area (Å²) in [6, 6.07) is 12.1. The summed E-state index contributed by atoms with van der Waals surface area (Å²) in [5.41, 5.74) is 5.55. The molecule has 0 saturated heterocycles. The lowest BCUT2D eigenvalue weighted by molar-refractivity contribution is -0.697. The summed E-state index contributed by atoms with van der Waals surface area (Å²) in [7, 11) is 0. The molecule has 0 saturated carbocycles. The highest BCUT2D eigenvalue weighted by Gasteiger charge is 2.18. The molecule has 2 amide bonds. The molecule has 2 rings (SSSR count). The lowest BCUT2D eigenvalue weighted by Gasteiger charge is -2.12. The van der Waals surface area contributed by atoms with Gasteiger partial charge in [0, 0.05) is 29.9 Å². The monoisotopic (exact) mass is 479 g/mol. The lowest BCUT2D eigenvalue weighted by atomic mass is 10.2. The smallest absolute Gasteiger partial charge is 0.253 e. The Labute approximate surface area is 186 Å². The van der Waals surface area contributed by atoms with Crippen molar-refractivity contribution >= 4 is 28.7 Å². The van der Waals surface area contributed by atoms with Crippen LogP contribution in [0.4, 0.5) is 0 Å². The first-order chi connectivity index (χ1) is 13.5. The molecular formula is C21H26BrN3O3S. The van der Waals surface area contributed by atoms with E-state index in [1.165, 1.54) is 6.92 Å². The minimum Gasteiger partial charge on any atom is -1.00 e. The Morgan fingerprint density at radius 3 is 2.41 bits per heavy atom. The van der Waals surface area contributed by atoms with E-state index in [4.69, 9.17) is 5.73 Å². The highest BCUT2D eigenvalue weighted by atomic mass is 79.9. The number of thioether (sulfide) groups is 1. The Kier molecular flexibility index (Phi) is 11.2. The van der Waals surface area contributed by atoms with E-state index >= 15 is 0 Å². The quantitative estimate of drug-likeness (QED) is 0.272. The van der Waals surface area contributed by atoms with E-state index in [1.807, 2.05) is 30.6 Å². The van der Waals surface area contributed by atoms with E-state index < -0.39 is 17.9 Å². The molecule has 1 atom stereocenters. The van der Waals surface area contributed by atoms with Crippen LogP contribution in [0.2, 0.25) is 0 Å². The predicted molar refractivity (Wildman–Crippen MR) is 109 cm³/mol. The van der Waals surface area contributed by atoms with Crippen LogP contribution >= 0.6 is 11.8 Å². The first kappa shape index (κ1) is 24.8. The van der Waals surface area contributed by atoms with Crippen LogP contribution in [0.25, 0.3) is 0 Å². The summed E-state index contributed by atoms with van der Waals surface area (Å²) in [5.74, 6) is -1.02. The number of amides is 2. The first-order valence-electron chi connectivity index (χ1n) is 9.31. The van der Waals surface area contributed by atoms with Gasteiger partial charge in [0.05, 0.1) is 5.56 Å². The van der Waals surface area contributed by atoms with E-state index in [9.17, 15) is 14.4 Å². The summed E-state index contributed by atoms with van der Waals surface area (Å²) in [6.07, 6.45) is 7.30. The van der Waals surface area contributed by atoms with E-state index in [2.05, 4.69) is 9.88 Å². The summed E-state index contributed by atoms with van der Waals surface area (Å²) < 4.78 is 2.12. The van der Waals surface area contributed by atoms with Crippen LogP contribution in [-0.4, -0.2) is 23.0 Å². The minimum atomic E-state index is -0.774. The normalized spacial score (nSPS) is 11.2. The summed E-state index contributed by atoms with van der Waals surface area (Å²) >= 11 is 1.07. The fraction of sp³-hybridized carbons (Fsp3) is 0.333. The number of primary amides is 1. The van der Waals surface area contributed by atoms with Gasteiger partial charge < -0.3 is 28.0 Å². The number of carbonyl (C=O) groups is 3. The van der Waals surface area contributed by atoms with E-state index in [-0.39, 0.29) is 22.1 Å². The number of nitrogens with zero attached hydrogens (tertiary/aromatic N) is 1. The van der Waals surface area contributed by atoms with Crippen molar-refractivity contribution in [1.82, 2.24) is 5.32 Å². The van der Waals surface area contributed by atoms with Gasteiger partial charge in [-0.25, -0.2) is 4.57 Å². The number of aromatic nitrogens is 1. The van der Waals surface area contributed by atoms with Crippen LogP contribution in [0.15, 0.2) is 59.8 Å². The first-order valence-corrected chi connectivity index (χ1v) is 10.1. The number of nitrogens with two attached hydrogens (primary N) is 1. The number of unbranched alkanes of at least 4 members (excludes halogenated alkanes) is 2. The number of hydrogen-bond acceptors (Lipinski definition) is 4. The maximum Gasteiger partial charge on any atom is 0.253 e. The summed E-state index contributed by atoms with van der Waals surface area (Å²) in [6.45, 7) is 2.46. The molecule has 0 fully saturated rings. The van der Waals surface area contributed by atoms with Crippen LogP contribution in [0.1, 0.15) is 43.0 Å². The van der Waals surface area contributed by atoms with E-state index in [1.54, 1.807) is 24.3 Å². The number of hydrogen-bond donors (Lipinski definition) is 2. The molecule has 3 N–H and O–H groups in total. The summed E-state index contributed by atoms with van der Waals surface area (Å²) in [5, 5.41) is 2.57. The number of benzene rings is 1. The van der Waals surface area contributed by atoms with Crippen molar-refractivity contribution in [3.63, 3.8) is 0 Å². The molecule has 1 aromatic heterocycles. The molecule has 1 unspecified atom stereocenters. The zero-order valence-electron chi connectivity index (χ0n) is 16.3. The third-order valence-electron chi connectivity index (χ3n) is 4.20. The number of rotatable bonds is 10. The number of pyridine rings is 1. The van der Waals surface area contributed by atoms with Gasteiger partial charge >= 0.3 is 0 Å². The third kappa shape index (κ3) is 8.79. The van der Waals surface area contributed by atoms with Crippen LogP contribution in [-0.2, 0) is 16.1 Å². The topological polar surface area (TPSA) is 93.1 Å². The molecule has 6 nitrogen and oxygen atoms in total. The highest BCUT2D eigenvalue weighted by Crippen LogP contribution is 2.25. The predicted octanol–water partition coefficient (Wildman–Crippen LogP) is -0.539. The minimum absolute atomic E-state index is 0. The lowest BCUT2D eigenvalue weighted by Crippen LogP contribution is -3.00. The Morgan fingerprint density at radius 2 is 1.72 bits per heavy atom. The molecule has 2 aromatic rings. The molecule has 0 bridgehead atoms. The standard InChI is InChI=1S/C21H25N3O3S.BrH/c1-16(20(22)26)23-21(27)17-10-5-6-11-18(17)28-19(25)12-4-2-7-13-24-14-8-3-9-15-24;/h3,5-6,8-11,14-16H,2,4,7,12-13H2,1H3,(H2-,22,23,26,27);1H. The van der Waals surface area contributed by atoms with Gasteiger partial charge in [-0.05, 0) is 31.9 Å². The Morgan fingerprint density at radius 1 is 1.03 bits per heavy atom. The van der Waals surface area contributed by atoms with Gasteiger partial charge in [0.15, 0.2) is 17.5 Å². The van der Waals surface area contributed by atoms with Gasteiger partial charge in [0.25, 0.3) is 5.91 Å². The number of aryl methyl sites for hydroxylation is 1. The largest absolute Gasteiger partial charge is 1.00 e. The summed E-state index contributed by atoms with van der Waals surface area (Å²) in [4.78, 5) is 36.4. The van der Waals surface area contributed by atoms with Gasteiger partial charge in [-0.1, -0.05) is 30.0 Å². The Hall–Kier alpha value is -2.19. The molecular weight excluding hydrogens is 454 g/mol. The van der Waals surface area contributed by atoms with Crippen molar-refractivity contribution in [1.29, 1.82) is 0 Å². The molecule has 0 radical (unpaired) electrons. The van der Waals surface area contributed by atoms with Crippen molar-refractivity contribution in [3.05, 3.63) is 60.4 Å². The van der Waals surface area contributed by atoms with Gasteiger partial charge in [-0.15, -0.1) is 0 Å². The maximum atomic E-state index is 12.3. The van der Waals surface area contributed by atoms with Crippen LogP contribution in [0.5, 0.6) is 0 Å². The molecule has 8 heteroatoms. The van der Waals surface area contributed by atoms with Gasteiger partial charge in [-0.2, -0.15) is 0 Å².